The Morgan fingerprint density at radius 3 is 2.80 bits per heavy atom. The summed E-state index contributed by atoms with van der Waals surface area (Å²) in [5, 5.41) is 10.8. The molecule has 1 heterocycles. The third-order valence-electron chi connectivity index (χ3n) is 1.37. The minimum atomic E-state index is -2.85. The molecule has 1 N–H and O–H groups in total. The fraction of sp³-hybridized carbons (Fsp3) is 0.143. The van der Waals surface area contributed by atoms with Crippen LogP contribution in [-0.2, 0) is 9.71 Å². The Labute approximate surface area is 91.5 Å². The maximum Gasteiger partial charge on any atom is 0.170 e. The molecule has 0 bridgehead atoms. The molecule has 0 aromatic carbocycles. The maximum absolute atomic E-state index is 11.6. The highest BCUT2D eigenvalue weighted by Gasteiger charge is 2.05. The van der Waals surface area contributed by atoms with Gasteiger partial charge >= 0.3 is 0 Å². The summed E-state index contributed by atoms with van der Waals surface area (Å²) in [5.41, 5.74) is 0.501. The van der Waals surface area contributed by atoms with Crippen LogP contribution in [-0.4, -0.2) is 25.8 Å². The Kier molecular flexibility index (Phi) is 3.48. The van der Waals surface area contributed by atoms with Crippen LogP contribution >= 0.6 is 11.6 Å². The Bertz CT molecular complexity index is 479. The standard InChI is InChI=1S/C7H8ClN3O3S/c1-15(14,10-11(12)13)5-6-2-3-7(8)9-4-6/h2-5H,1H3,(H,10,14). The van der Waals surface area contributed by atoms with Crippen molar-refractivity contribution in [3.8, 4) is 0 Å². The van der Waals surface area contributed by atoms with Crippen molar-refractivity contribution in [2.45, 2.75) is 0 Å². The number of hydrazine groups is 1. The molecule has 1 rings (SSSR count). The molecular formula is C7H8ClN3O3S. The predicted octanol–water partition coefficient (Wildman–Crippen LogP) is 0.496. The molecule has 0 fully saturated rings. The molecule has 0 saturated carbocycles. The zero-order valence-electron chi connectivity index (χ0n) is 7.71. The molecule has 6 nitrogen and oxygen atoms in total. The third-order valence-corrected chi connectivity index (χ3v) is 2.82. The van der Waals surface area contributed by atoms with Gasteiger partial charge in [0.2, 0.25) is 0 Å². The monoisotopic (exact) mass is 249 g/mol. The molecule has 0 aliphatic carbocycles. The molecule has 1 unspecified atom stereocenters. The van der Waals surface area contributed by atoms with Crippen LogP contribution in [0.1, 0.15) is 5.56 Å². The summed E-state index contributed by atoms with van der Waals surface area (Å²) >= 11 is 5.55. The van der Waals surface area contributed by atoms with Crippen molar-refractivity contribution >= 4 is 26.7 Å². The molecule has 0 aliphatic heterocycles. The number of nitro groups is 1. The largest absolute Gasteiger partial charge is 0.244 e. The summed E-state index contributed by atoms with van der Waals surface area (Å²) in [5.74, 6) is 0. The van der Waals surface area contributed by atoms with Crippen LogP contribution in [0.3, 0.4) is 0 Å². The first-order valence-corrected chi connectivity index (χ1v) is 6.17. The van der Waals surface area contributed by atoms with E-state index in [1.807, 2.05) is 0 Å². The topological polar surface area (TPSA) is 85.1 Å². The fourth-order valence-electron chi connectivity index (χ4n) is 0.891. The number of pyridine rings is 1. The van der Waals surface area contributed by atoms with Gasteiger partial charge in [-0.3, -0.25) is 0 Å². The van der Waals surface area contributed by atoms with Crippen LogP contribution < -0.4 is 4.83 Å². The van der Waals surface area contributed by atoms with Crippen molar-refractivity contribution in [3.05, 3.63) is 39.2 Å². The van der Waals surface area contributed by atoms with E-state index in [0.29, 0.717) is 10.7 Å². The van der Waals surface area contributed by atoms with Gasteiger partial charge < -0.3 is 0 Å². The second-order valence-corrected chi connectivity index (χ2v) is 5.40. The lowest BCUT2D eigenvalue weighted by molar-refractivity contribution is -0.517. The number of hydrogen-bond donors (Lipinski definition) is 1. The highest BCUT2D eigenvalue weighted by atomic mass is 35.5. The van der Waals surface area contributed by atoms with Gasteiger partial charge in [0, 0.05) is 23.4 Å². The van der Waals surface area contributed by atoms with E-state index in [9.17, 15) is 14.3 Å². The maximum atomic E-state index is 11.6. The van der Waals surface area contributed by atoms with Crippen LogP contribution in [0.2, 0.25) is 5.15 Å². The van der Waals surface area contributed by atoms with Gasteiger partial charge in [-0.25, -0.2) is 19.3 Å². The van der Waals surface area contributed by atoms with E-state index in [0.717, 1.165) is 0 Å². The van der Waals surface area contributed by atoms with Crippen molar-refractivity contribution in [2.75, 3.05) is 6.26 Å². The van der Waals surface area contributed by atoms with Gasteiger partial charge in [-0.05, 0) is 12.1 Å². The average Bonchev–Trinajstić information content (AvgIpc) is 2.06. The summed E-state index contributed by atoms with van der Waals surface area (Å²) in [6.45, 7) is 0. The van der Waals surface area contributed by atoms with E-state index >= 15 is 0 Å². The highest BCUT2D eigenvalue weighted by Crippen LogP contribution is 2.03. The van der Waals surface area contributed by atoms with Crippen molar-refractivity contribution in [1.29, 1.82) is 0 Å². The summed E-state index contributed by atoms with van der Waals surface area (Å²) in [7, 11) is -2.85. The molecule has 0 saturated heterocycles. The lowest BCUT2D eigenvalue weighted by atomic mass is 10.3. The zero-order chi connectivity index (χ0) is 11.5. The molecule has 0 radical (unpaired) electrons. The number of nitrogens with zero attached hydrogens (tertiary/aromatic N) is 2. The fourth-order valence-corrected chi connectivity index (χ4v) is 2.01. The van der Waals surface area contributed by atoms with Crippen molar-refractivity contribution in [2.24, 2.45) is 0 Å². The molecule has 0 aliphatic rings. The lowest BCUT2D eigenvalue weighted by Crippen LogP contribution is -2.29. The number of aromatic nitrogens is 1. The summed E-state index contributed by atoms with van der Waals surface area (Å²) in [4.78, 5) is 15.6. The molecule has 15 heavy (non-hydrogen) atoms. The van der Waals surface area contributed by atoms with Gasteiger partial charge in [0.1, 0.15) is 14.9 Å². The molecule has 8 heteroatoms. The van der Waals surface area contributed by atoms with E-state index < -0.39 is 14.7 Å². The van der Waals surface area contributed by atoms with Crippen molar-refractivity contribution in [3.63, 3.8) is 0 Å². The Balaban J connectivity index is 3.00. The SMILES string of the molecule is CS(=O)(=Cc1ccc(Cl)nc1)N[N+](=O)[O-]. The predicted molar refractivity (Wildman–Crippen MR) is 58.6 cm³/mol. The Morgan fingerprint density at radius 1 is 1.67 bits per heavy atom. The molecule has 1 aromatic rings. The Morgan fingerprint density at radius 2 is 2.33 bits per heavy atom. The third kappa shape index (κ3) is 4.13. The van der Waals surface area contributed by atoms with Crippen molar-refractivity contribution < 1.29 is 9.24 Å². The smallest absolute Gasteiger partial charge is 0.170 e. The minimum absolute atomic E-state index is 0.303. The van der Waals surface area contributed by atoms with E-state index in [4.69, 9.17) is 11.6 Å². The number of halogens is 1. The highest BCUT2D eigenvalue weighted by molar-refractivity contribution is 7.99. The van der Waals surface area contributed by atoms with Crippen LogP contribution in [0.25, 0.3) is 0 Å². The van der Waals surface area contributed by atoms with Crippen LogP contribution in [0.5, 0.6) is 0 Å². The number of hydrogen-bond acceptors (Lipinski definition) is 4. The average molecular weight is 250 g/mol. The zero-order valence-corrected chi connectivity index (χ0v) is 9.29. The molecule has 1 aromatic heterocycles. The van der Waals surface area contributed by atoms with Gasteiger partial charge in [0.05, 0.1) is 0 Å². The Hall–Kier alpha value is -1.34. The first-order valence-electron chi connectivity index (χ1n) is 3.76. The molecular weight excluding hydrogens is 242 g/mol. The van der Waals surface area contributed by atoms with E-state index in [1.54, 1.807) is 10.9 Å². The van der Waals surface area contributed by atoms with E-state index in [1.165, 1.54) is 23.9 Å². The second-order valence-electron chi connectivity index (χ2n) is 2.78. The van der Waals surface area contributed by atoms with Gasteiger partial charge in [0.25, 0.3) is 0 Å². The van der Waals surface area contributed by atoms with E-state index in [2.05, 4.69) is 4.98 Å². The van der Waals surface area contributed by atoms with Gasteiger partial charge in [-0.15, -0.1) is 0 Å². The second kappa shape index (κ2) is 4.45. The quantitative estimate of drug-likeness (QED) is 0.366. The summed E-state index contributed by atoms with van der Waals surface area (Å²) < 4.78 is 11.6. The van der Waals surface area contributed by atoms with Crippen molar-refractivity contribution in [1.82, 2.24) is 9.82 Å². The molecule has 0 spiro atoms. The molecule has 0 amide bonds. The first-order chi connectivity index (χ1) is 6.89. The van der Waals surface area contributed by atoms with Crippen LogP contribution in [0.15, 0.2) is 18.3 Å². The van der Waals surface area contributed by atoms with E-state index in [-0.39, 0.29) is 0 Å². The van der Waals surface area contributed by atoms with Gasteiger partial charge in [-0.2, -0.15) is 0 Å². The first kappa shape index (κ1) is 11.7. The summed E-state index contributed by atoms with van der Waals surface area (Å²) in [6, 6.07) is 3.08. The summed E-state index contributed by atoms with van der Waals surface area (Å²) in [6.07, 6.45) is 2.61. The lowest BCUT2D eigenvalue weighted by Gasteiger charge is -2.00. The van der Waals surface area contributed by atoms with Crippen LogP contribution in [0.4, 0.5) is 0 Å². The molecule has 82 valence electrons. The number of nitrogens with one attached hydrogen (secondary N) is 1. The molecule has 1 atom stereocenters. The normalized spacial score (nSPS) is 14.0. The number of rotatable bonds is 3. The van der Waals surface area contributed by atoms with Gasteiger partial charge in [-0.1, -0.05) is 16.4 Å². The van der Waals surface area contributed by atoms with Gasteiger partial charge in [0.15, 0.2) is 5.03 Å². The minimum Gasteiger partial charge on any atom is -0.244 e. The van der Waals surface area contributed by atoms with Crippen LogP contribution in [0, 0.1) is 10.1 Å².